The van der Waals surface area contributed by atoms with Crippen LogP contribution in [0.3, 0.4) is 0 Å². The van der Waals surface area contributed by atoms with Crippen LogP contribution in [-0.2, 0) is 6.42 Å². The van der Waals surface area contributed by atoms with E-state index in [4.69, 9.17) is 11.5 Å². The average Bonchev–Trinajstić information content (AvgIpc) is 2.49. The Kier molecular flexibility index (Phi) is 10.9. The van der Waals surface area contributed by atoms with Gasteiger partial charge in [-0.2, -0.15) is 0 Å². The molecule has 0 radical (unpaired) electrons. The fraction of sp³-hybridized carbons (Fsp3) is 0.667. The maximum absolute atomic E-state index is 5.79. The first-order chi connectivity index (χ1) is 9.74. The molecule has 1 aliphatic carbocycles. The van der Waals surface area contributed by atoms with E-state index in [0.29, 0.717) is 0 Å². The highest BCUT2D eigenvalue weighted by molar-refractivity contribution is 5.54. The van der Waals surface area contributed by atoms with Crippen LogP contribution < -0.4 is 11.5 Å². The lowest BCUT2D eigenvalue weighted by Crippen LogP contribution is -2.07. The van der Waals surface area contributed by atoms with E-state index in [1.807, 2.05) is 33.8 Å². The second-order valence-corrected chi connectivity index (χ2v) is 5.05. The number of nitrogens with two attached hydrogens (primary N) is 2. The van der Waals surface area contributed by atoms with Crippen LogP contribution in [-0.4, -0.2) is 0 Å². The molecule has 1 aromatic carbocycles. The molecule has 2 nitrogen and oxygen atoms in total. The van der Waals surface area contributed by atoms with E-state index in [9.17, 15) is 0 Å². The van der Waals surface area contributed by atoms with Gasteiger partial charge in [0.25, 0.3) is 0 Å². The molecule has 0 bridgehead atoms. The maximum atomic E-state index is 5.79. The first-order valence-electron chi connectivity index (χ1n) is 8.39. The van der Waals surface area contributed by atoms with Crippen LogP contribution in [0.15, 0.2) is 18.2 Å². The van der Waals surface area contributed by atoms with Gasteiger partial charge >= 0.3 is 0 Å². The average molecular weight is 278 g/mol. The van der Waals surface area contributed by atoms with Crippen molar-refractivity contribution in [2.75, 3.05) is 11.5 Å². The van der Waals surface area contributed by atoms with Gasteiger partial charge in [-0.15, -0.1) is 0 Å². The zero-order chi connectivity index (χ0) is 15.4. The smallest absolute Gasteiger partial charge is 0.0337 e. The maximum Gasteiger partial charge on any atom is 0.0337 e. The number of rotatable bonds is 3. The standard InChI is InChI=1S/C14H22N2.2C2H6/c15-13-8-12(9-14(16)10-13)7-6-11-4-2-1-3-5-11;2*1-2/h8-11H,1-7,15-16H2;2*1-2H3. The predicted octanol–water partition coefficient (Wildman–Crippen LogP) is 5.42. The van der Waals surface area contributed by atoms with Crippen LogP contribution in [0.2, 0.25) is 0 Å². The molecule has 0 spiro atoms. The third-order valence-corrected chi connectivity index (χ3v) is 3.60. The second kappa shape index (κ2) is 11.6. The Labute approximate surface area is 125 Å². The number of benzene rings is 1. The van der Waals surface area contributed by atoms with Crippen molar-refractivity contribution in [3.63, 3.8) is 0 Å². The summed E-state index contributed by atoms with van der Waals surface area (Å²) in [7, 11) is 0. The summed E-state index contributed by atoms with van der Waals surface area (Å²) in [6.45, 7) is 8.00. The molecule has 1 saturated carbocycles. The normalized spacial score (nSPS) is 14.6. The molecular weight excluding hydrogens is 244 g/mol. The highest BCUT2D eigenvalue weighted by Crippen LogP contribution is 2.28. The summed E-state index contributed by atoms with van der Waals surface area (Å²) >= 11 is 0. The third kappa shape index (κ3) is 7.42. The second-order valence-electron chi connectivity index (χ2n) is 5.05. The van der Waals surface area contributed by atoms with Gasteiger partial charge in [0.05, 0.1) is 0 Å². The number of aryl methyl sites for hydroxylation is 1. The van der Waals surface area contributed by atoms with Gasteiger partial charge in [-0.3, -0.25) is 0 Å². The predicted molar refractivity (Wildman–Crippen MR) is 92.9 cm³/mol. The molecule has 0 saturated heterocycles. The lowest BCUT2D eigenvalue weighted by atomic mass is 9.85. The third-order valence-electron chi connectivity index (χ3n) is 3.60. The van der Waals surface area contributed by atoms with Crippen LogP contribution >= 0.6 is 0 Å². The van der Waals surface area contributed by atoms with Crippen LogP contribution in [0.1, 0.15) is 71.8 Å². The van der Waals surface area contributed by atoms with E-state index < -0.39 is 0 Å². The Balaban J connectivity index is 0.000000829. The first kappa shape index (κ1) is 18.8. The molecule has 4 N–H and O–H groups in total. The number of hydrogen-bond donors (Lipinski definition) is 2. The molecule has 2 heteroatoms. The first-order valence-corrected chi connectivity index (χ1v) is 8.39. The minimum Gasteiger partial charge on any atom is -0.399 e. The molecule has 1 aliphatic rings. The summed E-state index contributed by atoms with van der Waals surface area (Å²) < 4.78 is 0. The van der Waals surface area contributed by atoms with Crippen LogP contribution in [0.4, 0.5) is 11.4 Å². The lowest BCUT2D eigenvalue weighted by molar-refractivity contribution is 0.339. The van der Waals surface area contributed by atoms with E-state index >= 15 is 0 Å². The van der Waals surface area contributed by atoms with Crippen molar-refractivity contribution >= 4 is 11.4 Å². The highest BCUT2D eigenvalue weighted by Gasteiger charge is 2.13. The Hall–Kier alpha value is -1.18. The van der Waals surface area contributed by atoms with Crippen molar-refractivity contribution in [3.05, 3.63) is 23.8 Å². The van der Waals surface area contributed by atoms with Crippen LogP contribution in [0.25, 0.3) is 0 Å². The van der Waals surface area contributed by atoms with Gasteiger partial charge in [0.1, 0.15) is 0 Å². The van der Waals surface area contributed by atoms with Gasteiger partial charge in [0.15, 0.2) is 0 Å². The Morgan fingerprint density at radius 3 is 1.85 bits per heavy atom. The molecule has 0 atom stereocenters. The fourth-order valence-corrected chi connectivity index (χ4v) is 2.74. The topological polar surface area (TPSA) is 52.0 Å². The van der Waals surface area contributed by atoms with Crippen molar-refractivity contribution in [3.8, 4) is 0 Å². The van der Waals surface area contributed by atoms with Gasteiger partial charge in [-0.05, 0) is 42.5 Å². The van der Waals surface area contributed by atoms with E-state index in [-0.39, 0.29) is 0 Å². The molecule has 0 aliphatic heterocycles. The Bertz CT molecular complexity index is 321. The van der Waals surface area contributed by atoms with E-state index in [1.165, 1.54) is 44.1 Å². The quantitative estimate of drug-likeness (QED) is 0.726. The van der Waals surface area contributed by atoms with E-state index in [1.54, 1.807) is 0 Å². The molecule has 0 unspecified atom stereocenters. The zero-order valence-corrected chi connectivity index (χ0v) is 13.9. The Morgan fingerprint density at radius 2 is 1.35 bits per heavy atom. The SMILES string of the molecule is CC.CC.Nc1cc(N)cc(CCC2CCCCC2)c1. The zero-order valence-electron chi connectivity index (χ0n) is 13.9. The van der Waals surface area contributed by atoms with Gasteiger partial charge in [-0.1, -0.05) is 59.8 Å². The van der Waals surface area contributed by atoms with Crippen molar-refractivity contribution in [1.29, 1.82) is 0 Å². The minimum atomic E-state index is 0.790. The number of nitrogen functional groups attached to an aromatic ring is 2. The lowest BCUT2D eigenvalue weighted by Gasteiger charge is -2.21. The molecule has 0 heterocycles. The van der Waals surface area contributed by atoms with E-state index in [2.05, 4.69) is 12.1 Å². The van der Waals surface area contributed by atoms with Gasteiger partial charge < -0.3 is 11.5 Å². The summed E-state index contributed by atoms with van der Waals surface area (Å²) in [6, 6.07) is 5.93. The summed E-state index contributed by atoms with van der Waals surface area (Å²) in [5.41, 5.74) is 14.5. The molecule has 20 heavy (non-hydrogen) atoms. The molecule has 1 fully saturated rings. The summed E-state index contributed by atoms with van der Waals surface area (Å²) in [4.78, 5) is 0. The van der Waals surface area contributed by atoms with Crippen molar-refractivity contribution in [1.82, 2.24) is 0 Å². The van der Waals surface area contributed by atoms with Gasteiger partial charge in [0, 0.05) is 11.4 Å². The summed E-state index contributed by atoms with van der Waals surface area (Å²) in [5.74, 6) is 0.927. The molecular formula is C18H34N2. The van der Waals surface area contributed by atoms with Gasteiger partial charge in [-0.25, -0.2) is 0 Å². The fourth-order valence-electron chi connectivity index (χ4n) is 2.74. The van der Waals surface area contributed by atoms with Crippen molar-refractivity contribution in [2.24, 2.45) is 5.92 Å². The minimum absolute atomic E-state index is 0.790. The molecule has 0 aromatic heterocycles. The monoisotopic (exact) mass is 278 g/mol. The molecule has 116 valence electrons. The van der Waals surface area contributed by atoms with Crippen molar-refractivity contribution < 1.29 is 0 Å². The number of anilines is 2. The molecule has 1 aromatic rings. The highest BCUT2D eigenvalue weighted by atomic mass is 14.6. The van der Waals surface area contributed by atoms with Gasteiger partial charge in [0.2, 0.25) is 0 Å². The van der Waals surface area contributed by atoms with Crippen molar-refractivity contribution in [2.45, 2.75) is 72.6 Å². The summed E-state index contributed by atoms with van der Waals surface area (Å²) in [5, 5.41) is 0. The Morgan fingerprint density at radius 1 is 0.850 bits per heavy atom. The molecule has 0 amide bonds. The largest absolute Gasteiger partial charge is 0.399 e. The number of hydrogen-bond acceptors (Lipinski definition) is 2. The van der Waals surface area contributed by atoms with Crippen LogP contribution in [0.5, 0.6) is 0 Å². The molecule has 2 rings (SSSR count). The van der Waals surface area contributed by atoms with E-state index in [0.717, 1.165) is 23.7 Å². The summed E-state index contributed by atoms with van der Waals surface area (Å²) in [6.07, 6.45) is 9.52. The van der Waals surface area contributed by atoms with Crippen LogP contribution in [0, 0.1) is 5.92 Å².